The van der Waals surface area contributed by atoms with Crippen LogP contribution in [0.25, 0.3) is 10.9 Å². The number of aromatic carboxylic acids is 1. The second-order valence-corrected chi connectivity index (χ2v) is 7.91. The van der Waals surface area contributed by atoms with Crippen molar-refractivity contribution < 1.29 is 14.7 Å². The molecular weight excluding hydrogens is 434 g/mol. The van der Waals surface area contributed by atoms with Crippen LogP contribution in [0.2, 0.25) is 0 Å². The molecule has 0 fully saturated rings. The van der Waals surface area contributed by atoms with Gasteiger partial charge in [0.15, 0.2) is 0 Å². The van der Waals surface area contributed by atoms with Crippen LogP contribution in [0.1, 0.15) is 38.9 Å². The minimum Gasteiger partial charge on any atom is -0.478 e. The summed E-state index contributed by atoms with van der Waals surface area (Å²) in [7, 11) is 0. The minimum absolute atomic E-state index is 0.0372. The summed E-state index contributed by atoms with van der Waals surface area (Å²) in [6.07, 6.45) is 0.785. The molecule has 2 N–H and O–H groups in total. The molecule has 6 nitrogen and oxygen atoms in total. The molecule has 3 aromatic rings. The van der Waals surface area contributed by atoms with E-state index in [-0.39, 0.29) is 17.2 Å². The Morgan fingerprint density at radius 3 is 2.79 bits per heavy atom. The van der Waals surface area contributed by atoms with E-state index in [1.807, 2.05) is 24.3 Å². The number of aromatic nitrogens is 1. The molecule has 1 amide bonds. The SMILES string of the molecule is CCN1CCc2nc3ccccc3c(C(=O)Nc3ccc(Br)cc3C(=O)O)c2C1. The fraction of sp³-hybridized carbons (Fsp3) is 0.227. The molecule has 0 bridgehead atoms. The van der Waals surface area contributed by atoms with Gasteiger partial charge in [0, 0.05) is 40.6 Å². The van der Waals surface area contributed by atoms with Crippen LogP contribution in [0.5, 0.6) is 0 Å². The van der Waals surface area contributed by atoms with Crippen LogP contribution in [0.3, 0.4) is 0 Å². The maximum Gasteiger partial charge on any atom is 0.337 e. The Bertz CT molecular complexity index is 1130. The summed E-state index contributed by atoms with van der Waals surface area (Å²) in [5.41, 5.74) is 3.51. The third kappa shape index (κ3) is 3.75. The number of carboxylic acids is 1. The number of rotatable bonds is 4. The summed E-state index contributed by atoms with van der Waals surface area (Å²) in [6.45, 7) is 4.55. The van der Waals surface area contributed by atoms with Crippen molar-refractivity contribution in [3.63, 3.8) is 0 Å². The lowest BCUT2D eigenvalue weighted by Crippen LogP contribution is -2.33. The second kappa shape index (κ2) is 7.93. The Morgan fingerprint density at radius 1 is 1.24 bits per heavy atom. The van der Waals surface area contributed by atoms with Gasteiger partial charge in [0.25, 0.3) is 5.91 Å². The Morgan fingerprint density at radius 2 is 2.03 bits per heavy atom. The number of nitrogens with one attached hydrogen (secondary N) is 1. The lowest BCUT2D eigenvalue weighted by Gasteiger charge is -2.29. The lowest BCUT2D eigenvalue weighted by molar-refractivity contribution is 0.0698. The zero-order chi connectivity index (χ0) is 20.5. The third-order valence-corrected chi connectivity index (χ3v) is 5.75. The molecule has 0 aliphatic carbocycles. The van der Waals surface area contributed by atoms with Crippen LogP contribution in [-0.4, -0.2) is 40.0 Å². The number of carboxylic acid groups (broad SMARTS) is 1. The summed E-state index contributed by atoms with van der Waals surface area (Å²) >= 11 is 3.28. The van der Waals surface area contributed by atoms with Crippen molar-refractivity contribution in [2.45, 2.75) is 19.9 Å². The minimum atomic E-state index is -1.10. The van der Waals surface area contributed by atoms with Gasteiger partial charge >= 0.3 is 5.97 Å². The maximum absolute atomic E-state index is 13.4. The molecule has 0 saturated carbocycles. The van der Waals surface area contributed by atoms with E-state index < -0.39 is 5.97 Å². The van der Waals surface area contributed by atoms with Gasteiger partial charge in [-0.15, -0.1) is 0 Å². The van der Waals surface area contributed by atoms with E-state index in [9.17, 15) is 14.7 Å². The third-order valence-electron chi connectivity index (χ3n) is 5.26. The number of pyridine rings is 1. The molecule has 0 radical (unpaired) electrons. The van der Waals surface area contributed by atoms with Crippen molar-refractivity contribution in [1.29, 1.82) is 0 Å². The van der Waals surface area contributed by atoms with Gasteiger partial charge in [0.1, 0.15) is 0 Å². The molecular formula is C22H20BrN3O3. The second-order valence-electron chi connectivity index (χ2n) is 7.00. The summed E-state index contributed by atoms with van der Waals surface area (Å²) in [5.74, 6) is -1.41. The zero-order valence-electron chi connectivity index (χ0n) is 15.9. The number of hydrogen-bond donors (Lipinski definition) is 2. The average Bonchev–Trinajstić information content (AvgIpc) is 2.72. The summed E-state index contributed by atoms with van der Waals surface area (Å²) in [6, 6.07) is 12.4. The predicted octanol–water partition coefficient (Wildman–Crippen LogP) is 4.33. The van der Waals surface area contributed by atoms with E-state index in [0.717, 1.165) is 41.7 Å². The number of likely N-dealkylation sites (N-methyl/N-ethyl adjacent to an activating group) is 1. The molecule has 0 unspecified atom stereocenters. The summed E-state index contributed by atoms with van der Waals surface area (Å²) in [4.78, 5) is 32.1. The van der Waals surface area contributed by atoms with E-state index in [1.165, 1.54) is 6.07 Å². The Kier molecular flexibility index (Phi) is 5.34. The van der Waals surface area contributed by atoms with Crippen molar-refractivity contribution in [3.05, 3.63) is 69.3 Å². The van der Waals surface area contributed by atoms with Gasteiger partial charge in [0.05, 0.1) is 22.3 Å². The van der Waals surface area contributed by atoms with Gasteiger partial charge < -0.3 is 10.4 Å². The van der Waals surface area contributed by atoms with E-state index in [4.69, 9.17) is 4.98 Å². The number of nitrogens with zero attached hydrogens (tertiary/aromatic N) is 2. The van der Waals surface area contributed by atoms with E-state index in [0.29, 0.717) is 16.6 Å². The monoisotopic (exact) mass is 453 g/mol. The Labute approximate surface area is 176 Å². The molecule has 0 saturated heterocycles. The molecule has 1 aromatic heterocycles. The number of amides is 1. The van der Waals surface area contributed by atoms with Crippen LogP contribution in [0.4, 0.5) is 5.69 Å². The van der Waals surface area contributed by atoms with Crippen LogP contribution in [-0.2, 0) is 13.0 Å². The molecule has 148 valence electrons. The van der Waals surface area contributed by atoms with Crippen molar-refractivity contribution in [2.24, 2.45) is 0 Å². The molecule has 7 heteroatoms. The standard InChI is InChI=1S/C22H20BrN3O3/c1-2-26-10-9-19-16(12-26)20(14-5-3-4-6-17(14)24-19)21(27)25-18-8-7-13(23)11-15(18)22(28)29/h3-8,11H,2,9-10,12H2,1H3,(H,25,27)(H,28,29). The first kappa shape index (κ1) is 19.5. The predicted molar refractivity (Wildman–Crippen MR) is 115 cm³/mol. The van der Waals surface area contributed by atoms with Gasteiger partial charge in [-0.3, -0.25) is 14.7 Å². The van der Waals surface area contributed by atoms with Gasteiger partial charge in [-0.2, -0.15) is 0 Å². The number of carbonyl (C=O) groups excluding carboxylic acids is 1. The molecule has 29 heavy (non-hydrogen) atoms. The normalized spacial score (nSPS) is 13.9. The Hall–Kier alpha value is -2.77. The van der Waals surface area contributed by atoms with Gasteiger partial charge in [-0.05, 0) is 30.8 Å². The molecule has 2 aromatic carbocycles. The van der Waals surface area contributed by atoms with Gasteiger partial charge in [0.2, 0.25) is 0 Å². The molecule has 0 spiro atoms. The first-order chi connectivity index (χ1) is 14.0. The quantitative estimate of drug-likeness (QED) is 0.614. The highest BCUT2D eigenvalue weighted by molar-refractivity contribution is 9.10. The van der Waals surface area contributed by atoms with E-state index >= 15 is 0 Å². The van der Waals surface area contributed by atoms with Gasteiger partial charge in [-0.25, -0.2) is 4.79 Å². The average molecular weight is 454 g/mol. The van der Waals surface area contributed by atoms with E-state index in [2.05, 4.69) is 33.1 Å². The maximum atomic E-state index is 13.4. The highest BCUT2D eigenvalue weighted by Gasteiger charge is 2.26. The van der Waals surface area contributed by atoms with E-state index in [1.54, 1.807) is 12.1 Å². The van der Waals surface area contributed by atoms with Gasteiger partial charge in [-0.1, -0.05) is 41.1 Å². The smallest absolute Gasteiger partial charge is 0.337 e. The van der Waals surface area contributed by atoms with Crippen molar-refractivity contribution in [3.8, 4) is 0 Å². The lowest BCUT2D eigenvalue weighted by atomic mass is 9.95. The number of fused-ring (bicyclic) bond motifs is 2. The molecule has 1 aliphatic heterocycles. The number of carbonyl (C=O) groups is 2. The highest BCUT2D eigenvalue weighted by atomic mass is 79.9. The first-order valence-electron chi connectivity index (χ1n) is 9.45. The van der Waals surface area contributed by atoms with Crippen LogP contribution >= 0.6 is 15.9 Å². The highest BCUT2D eigenvalue weighted by Crippen LogP contribution is 2.30. The molecule has 2 heterocycles. The number of para-hydroxylation sites is 1. The molecule has 0 atom stereocenters. The fourth-order valence-electron chi connectivity index (χ4n) is 3.76. The van der Waals surface area contributed by atoms with Crippen molar-refractivity contribution in [2.75, 3.05) is 18.4 Å². The number of benzene rings is 2. The summed E-state index contributed by atoms with van der Waals surface area (Å²) in [5, 5.41) is 13.1. The number of anilines is 1. The fourth-order valence-corrected chi connectivity index (χ4v) is 4.12. The van der Waals surface area contributed by atoms with Crippen LogP contribution < -0.4 is 5.32 Å². The topological polar surface area (TPSA) is 82.5 Å². The first-order valence-corrected chi connectivity index (χ1v) is 10.2. The number of hydrogen-bond acceptors (Lipinski definition) is 4. The Balaban J connectivity index is 1.83. The molecule has 1 aliphatic rings. The van der Waals surface area contributed by atoms with Crippen molar-refractivity contribution in [1.82, 2.24) is 9.88 Å². The van der Waals surface area contributed by atoms with Crippen LogP contribution in [0, 0.1) is 0 Å². The van der Waals surface area contributed by atoms with Crippen molar-refractivity contribution >= 4 is 44.4 Å². The van der Waals surface area contributed by atoms with Crippen LogP contribution in [0.15, 0.2) is 46.9 Å². The summed E-state index contributed by atoms with van der Waals surface area (Å²) < 4.78 is 0.637. The molecule has 4 rings (SSSR count). The number of halogens is 1. The zero-order valence-corrected chi connectivity index (χ0v) is 17.5. The largest absolute Gasteiger partial charge is 0.478 e.